The maximum absolute atomic E-state index is 13.0. The second-order valence-corrected chi connectivity index (χ2v) is 9.10. The number of fused-ring (bicyclic) bond motifs is 3. The third kappa shape index (κ3) is 5.35. The molecule has 1 aliphatic carbocycles. The molecule has 0 bridgehead atoms. The first kappa shape index (κ1) is 24.3. The van der Waals surface area contributed by atoms with E-state index in [1.165, 1.54) is 4.90 Å². The summed E-state index contributed by atoms with van der Waals surface area (Å²) in [5, 5.41) is 11.8. The topological polar surface area (TPSA) is 95.9 Å². The van der Waals surface area contributed by atoms with E-state index >= 15 is 0 Å². The van der Waals surface area contributed by atoms with E-state index in [1.54, 1.807) is 20.8 Å². The van der Waals surface area contributed by atoms with Crippen molar-refractivity contribution in [2.75, 3.05) is 19.7 Å². The number of nitrogens with one attached hydrogen (secondary N) is 1. The number of aliphatic carboxylic acids is 1. The van der Waals surface area contributed by atoms with Gasteiger partial charge in [-0.3, -0.25) is 9.59 Å². The Labute approximate surface area is 194 Å². The number of hydrogen-bond donors (Lipinski definition) is 2. The van der Waals surface area contributed by atoms with Crippen LogP contribution in [0.25, 0.3) is 11.1 Å². The normalized spacial score (nSPS) is 13.6. The van der Waals surface area contributed by atoms with E-state index in [0.717, 1.165) is 22.3 Å². The number of nitrogens with zero attached hydrogens (tertiary/aromatic N) is 1. The minimum absolute atomic E-state index is 0.0368. The Balaban J connectivity index is 1.59. The van der Waals surface area contributed by atoms with Crippen molar-refractivity contribution in [1.82, 2.24) is 10.2 Å². The highest BCUT2D eigenvalue weighted by Gasteiger charge is 2.35. The van der Waals surface area contributed by atoms with Crippen LogP contribution in [0.3, 0.4) is 0 Å². The van der Waals surface area contributed by atoms with Crippen LogP contribution in [0.4, 0.5) is 4.79 Å². The summed E-state index contributed by atoms with van der Waals surface area (Å²) in [6, 6.07) is 15.8. The minimum Gasteiger partial charge on any atom is -0.481 e. The highest BCUT2D eigenvalue weighted by molar-refractivity contribution is 5.84. The highest BCUT2D eigenvalue weighted by atomic mass is 16.5. The SMILES string of the molecule is CCN(C(=O)C(C)(C)CNC(=O)OCC1c2ccccc2-c2ccccc21)C(C)CC(=O)O. The Morgan fingerprint density at radius 3 is 2.12 bits per heavy atom. The lowest BCUT2D eigenvalue weighted by Gasteiger charge is -2.34. The van der Waals surface area contributed by atoms with Crippen LogP contribution >= 0.6 is 0 Å². The summed E-state index contributed by atoms with van der Waals surface area (Å²) in [6.45, 7) is 7.66. The number of carboxylic acid groups (broad SMARTS) is 1. The van der Waals surface area contributed by atoms with Crippen LogP contribution in [0.2, 0.25) is 0 Å². The van der Waals surface area contributed by atoms with Gasteiger partial charge in [-0.05, 0) is 49.9 Å². The zero-order valence-electron chi connectivity index (χ0n) is 19.6. The Morgan fingerprint density at radius 2 is 1.61 bits per heavy atom. The average Bonchev–Trinajstić information content (AvgIpc) is 3.10. The number of alkyl carbamates (subject to hydrolysis) is 1. The van der Waals surface area contributed by atoms with Crippen molar-refractivity contribution in [3.63, 3.8) is 0 Å². The molecule has 1 aliphatic rings. The van der Waals surface area contributed by atoms with Crippen LogP contribution in [0.15, 0.2) is 48.5 Å². The number of carbonyl (C=O) groups excluding carboxylic acids is 2. The van der Waals surface area contributed by atoms with Gasteiger partial charge in [0.2, 0.25) is 5.91 Å². The lowest BCUT2D eigenvalue weighted by Crippen LogP contribution is -2.50. The number of hydrogen-bond acceptors (Lipinski definition) is 4. The van der Waals surface area contributed by atoms with Crippen LogP contribution in [-0.2, 0) is 14.3 Å². The largest absolute Gasteiger partial charge is 0.481 e. The molecule has 33 heavy (non-hydrogen) atoms. The quantitative estimate of drug-likeness (QED) is 0.593. The van der Waals surface area contributed by atoms with Gasteiger partial charge in [-0.1, -0.05) is 48.5 Å². The van der Waals surface area contributed by atoms with Crippen molar-refractivity contribution >= 4 is 18.0 Å². The van der Waals surface area contributed by atoms with E-state index < -0.39 is 23.5 Å². The van der Waals surface area contributed by atoms with Crippen LogP contribution < -0.4 is 5.32 Å². The summed E-state index contributed by atoms with van der Waals surface area (Å²) in [5.74, 6) is -1.20. The van der Waals surface area contributed by atoms with Gasteiger partial charge in [-0.15, -0.1) is 0 Å². The van der Waals surface area contributed by atoms with Crippen LogP contribution in [0.1, 0.15) is 51.2 Å². The van der Waals surface area contributed by atoms with Crippen LogP contribution in [-0.4, -0.2) is 53.7 Å². The standard InChI is InChI=1S/C26H32N2O5/c1-5-28(17(2)14-23(29)30)24(31)26(3,4)16-27-25(32)33-15-22-20-12-8-6-10-18(20)19-11-7-9-13-21(19)22/h6-13,17,22H,5,14-16H2,1-4H3,(H,27,32)(H,29,30). The van der Waals surface area contributed by atoms with Crippen molar-refractivity contribution in [3.8, 4) is 11.1 Å². The smallest absolute Gasteiger partial charge is 0.407 e. The Kier molecular flexibility index (Phi) is 7.41. The third-order valence-electron chi connectivity index (χ3n) is 6.20. The second-order valence-electron chi connectivity index (χ2n) is 9.10. The third-order valence-corrected chi connectivity index (χ3v) is 6.20. The molecule has 0 saturated carbocycles. The van der Waals surface area contributed by atoms with Crippen LogP contribution in [0, 0.1) is 5.41 Å². The van der Waals surface area contributed by atoms with Crippen LogP contribution in [0.5, 0.6) is 0 Å². The molecule has 0 spiro atoms. The Hall–Kier alpha value is -3.35. The average molecular weight is 453 g/mol. The fourth-order valence-electron chi connectivity index (χ4n) is 4.43. The first-order valence-electron chi connectivity index (χ1n) is 11.3. The van der Waals surface area contributed by atoms with Gasteiger partial charge in [0.25, 0.3) is 0 Å². The maximum atomic E-state index is 13.0. The molecular formula is C26H32N2O5. The van der Waals surface area contributed by atoms with Gasteiger partial charge in [0, 0.05) is 25.0 Å². The molecule has 0 aromatic heterocycles. The maximum Gasteiger partial charge on any atom is 0.407 e. The zero-order chi connectivity index (χ0) is 24.2. The van der Waals surface area contributed by atoms with Gasteiger partial charge in [-0.25, -0.2) is 4.79 Å². The summed E-state index contributed by atoms with van der Waals surface area (Å²) in [5.41, 5.74) is 3.67. The number of ether oxygens (including phenoxy) is 1. The van der Waals surface area contributed by atoms with Gasteiger partial charge in [0.15, 0.2) is 0 Å². The molecule has 1 unspecified atom stereocenters. The predicted molar refractivity (Wildman–Crippen MR) is 126 cm³/mol. The molecule has 2 aromatic carbocycles. The monoisotopic (exact) mass is 452 g/mol. The number of benzene rings is 2. The first-order valence-corrected chi connectivity index (χ1v) is 11.3. The molecule has 2 N–H and O–H groups in total. The van der Waals surface area contributed by atoms with Gasteiger partial charge in [0.05, 0.1) is 11.8 Å². The molecule has 0 fully saturated rings. The molecule has 0 aliphatic heterocycles. The molecule has 176 valence electrons. The fraction of sp³-hybridized carbons (Fsp3) is 0.423. The molecule has 0 radical (unpaired) electrons. The van der Waals surface area contributed by atoms with E-state index in [-0.39, 0.29) is 31.4 Å². The Morgan fingerprint density at radius 1 is 1.06 bits per heavy atom. The van der Waals surface area contributed by atoms with Crippen molar-refractivity contribution in [2.45, 2.75) is 46.1 Å². The molecule has 7 nitrogen and oxygen atoms in total. The highest BCUT2D eigenvalue weighted by Crippen LogP contribution is 2.44. The molecule has 2 amide bonds. The van der Waals surface area contributed by atoms with Gasteiger partial charge < -0.3 is 20.1 Å². The number of carboxylic acids is 1. The van der Waals surface area contributed by atoms with Gasteiger partial charge in [0.1, 0.15) is 6.61 Å². The van der Waals surface area contributed by atoms with E-state index in [1.807, 2.05) is 31.2 Å². The zero-order valence-corrected chi connectivity index (χ0v) is 19.6. The molecule has 2 aromatic rings. The predicted octanol–water partition coefficient (Wildman–Crippen LogP) is 4.26. The van der Waals surface area contributed by atoms with E-state index in [2.05, 4.69) is 29.6 Å². The summed E-state index contributed by atoms with van der Waals surface area (Å²) in [6.07, 6.45) is -0.713. The van der Waals surface area contributed by atoms with Crippen molar-refractivity contribution in [1.29, 1.82) is 0 Å². The van der Waals surface area contributed by atoms with Gasteiger partial charge >= 0.3 is 12.1 Å². The molecule has 0 heterocycles. The van der Waals surface area contributed by atoms with Crippen molar-refractivity contribution in [2.24, 2.45) is 5.41 Å². The lowest BCUT2D eigenvalue weighted by molar-refractivity contribution is -0.144. The Bertz CT molecular complexity index is 987. The first-order chi connectivity index (χ1) is 15.7. The van der Waals surface area contributed by atoms with Crippen molar-refractivity contribution in [3.05, 3.63) is 59.7 Å². The summed E-state index contributed by atoms with van der Waals surface area (Å²) in [7, 11) is 0. The molecule has 0 saturated heterocycles. The van der Waals surface area contributed by atoms with E-state index in [4.69, 9.17) is 9.84 Å². The molecule has 7 heteroatoms. The van der Waals surface area contributed by atoms with E-state index in [0.29, 0.717) is 6.54 Å². The number of amides is 2. The number of rotatable bonds is 9. The van der Waals surface area contributed by atoms with Crippen molar-refractivity contribution < 1.29 is 24.2 Å². The molecular weight excluding hydrogens is 420 g/mol. The fourth-order valence-corrected chi connectivity index (χ4v) is 4.43. The number of carbonyl (C=O) groups is 3. The minimum atomic E-state index is -0.955. The summed E-state index contributed by atoms with van der Waals surface area (Å²) < 4.78 is 5.55. The lowest BCUT2D eigenvalue weighted by atomic mass is 9.90. The van der Waals surface area contributed by atoms with Gasteiger partial charge in [-0.2, -0.15) is 0 Å². The summed E-state index contributed by atoms with van der Waals surface area (Å²) in [4.78, 5) is 38.1. The molecule has 1 atom stereocenters. The molecule has 3 rings (SSSR count). The van der Waals surface area contributed by atoms with E-state index in [9.17, 15) is 14.4 Å². The summed E-state index contributed by atoms with van der Waals surface area (Å²) >= 11 is 0. The second kappa shape index (κ2) is 10.1.